The largest absolute Gasteiger partial charge is 0.481 e. The molecule has 0 unspecified atom stereocenters. The summed E-state index contributed by atoms with van der Waals surface area (Å²) in [7, 11) is 0. The van der Waals surface area contributed by atoms with Crippen molar-refractivity contribution in [3.8, 4) is 0 Å². The molecule has 4 nitrogen and oxygen atoms in total. The van der Waals surface area contributed by atoms with E-state index in [4.69, 9.17) is 74.3 Å². The highest BCUT2D eigenvalue weighted by atomic mass is 35.5. The Morgan fingerprint density at radius 1 is 1.14 bits per heavy atom. The lowest BCUT2D eigenvalue weighted by Crippen LogP contribution is -2.46. The molecule has 2 bridgehead atoms. The van der Waals surface area contributed by atoms with Gasteiger partial charge in [-0.2, -0.15) is 0 Å². The fourth-order valence-corrected chi connectivity index (χ4v) is 5.75. The number of alkyl halides is 4. The lowest BCUT2D eigenvalue weighted by atomic mass is 9.82. The molecule has 0 saturated heterocycles. The summed E-state index contributed by atoms with van der Waals surface area (Å²) in [6.45, 7) is 3.23. The number of allylic oxidation sites excluding steroid dienone is 2. The van der Waals surface area contributed by atoms with Crippen molar-refractivity contribution >= 4 is 81.5 Å². The van der Waals surface area contributed by atoms with E-state index in [0.29, 0.717) is 0 Å². The standard InChI is InChI=1S/C12H8Cl6O4/c1-2-3-22-9(21)5-4(8(19)20)10(15)6(13)7(14)11(5,16)12(10,17)18/h2,4-5H,1,3H2,(H,19,20)/t4-,5-,10-,11-/m0/s1. The minimum absolute atomic E-state index is 0.156. The summed E-state index contributed by atoms with van der Waals surface area (Å²) >= 11 is 37.2. The number of carboxylic acid groups (broad SMARTS) is 1. The number of rotatable bonds is 4. The third-order valence-electron chi connectivity index (χ3n) is 3.80. The quantitative estimate of drug-likeness (QED) is 0.419. The van der Waals surface area contributed by atoms with Crippen molar-refractivity contribution in [3.05, 3.63) is 22.7 Å². The van der Waals surface area contributed by atoms with Crippen molar-refractivity contribution in [2.75, 3.05) is 6.61 Å². The van der Waals surface area contributed by atoms with Crippen LogP contribution in [0.3, 0.4) is 0 Å². The highest BCUT2D eigenvalue weighted by Gasteiger charge is 2.85. The zero-order valence-electron chi connectivity index (χ0n) is 10.6. The molecule has 0 aromatic rings. The van der Waals surface area contributed by atoms with Crippen molar-refractivity contribution in [2.24, 2.45) is 11.8 Å². The molecule has 1 N–H and O–H groups in total. The third kappa shape index (κ3) is 1.92. The number of esters is 1. The molecule has 4 atom stereocenters. The van der Waals surface area contributed by atoms with Crippen LogP contribution < -0.4 is 0 Å². The lowest BCUT2D eigenvalue weighted by molar-refractivity contribution is -0.156. The maximum atomic E-state index is 12.3. The Kier molecular flexibility index (Phi) is 4.72. The summed E-state index contributed by atoms with van der Waals surface area (Å²) in [4.78, 5) is 19.9. The molecule has 0 amide bonds. The maximum absolute atomic E-state index is 12.3. The third-order valence-corrected chi connectivity index (χ3v) is 8.06. The van der Waals surface area contributed by atoms with Crippen molar-refractivity contribution in [2.45, 2.75) is 14.1 Å². The molecule has 2 rings (SSSR count). The van der Waals surface area contributed by atoms with Crippen LogP contribution in [0.2, 0.25) is 0 Å². The molecule has 0 heterocycles. The van der Waals surface area contributed by atoms with E-state index in [1.807, 2.05) is 0 Å². The number of carbonyl (C=O) groups excluding carboxylic acids is 1. The van der Waals surface area contributed by atoms with Gasteiger partial charge in [-0.15, -0.1) is 23.2 Å². The smallest absolute Gasteiger partial charge is 0.312 e. The number of carbonyl (C=O) groups is 2. The molecule has 1 fully saturated rings. The number of hydrogen-bond donors (Lipinski definition) is 1. The van der Waals surface area contributed by atoms with Crippen LogP contribution in [0, 0.1) is 11.8 Å². The van der Waals surface area contributed by atoms with Gasteiger partial charge in [-0.05, 0) is 0 Å². The highest BCUT2D eigenvalue weighted by Crippen LogP contribution is 2.76. The molecular formula is C12H8Cl6O4. The van der Waals surface area contributed by atoms with Crippen LogP contribution in [0.15, 0.2) is 22.7 Å². The second-order valence-electron chi connectivity index (χ2n) is 4.84. The Morgan fingerprint density at radius 3 is 2.00 bits per heavy atom. The zero-order chi connectivity index (χ0) is 17.1. The Hall–Kier alpha value is 0.160. The van der Waals surface area contributed by atoms with Gasteiger partial charge in [-0.25, -0.2) is 0 Å². The monoisotopic (exact) mass is 426 g/mol. The fourth-order valence-electron chi connectivity index (χ4n) is 2.82. The van der Waals surface area contributed by atoms with Gasteiger partial charge in [0, 0.05) is 0 Å². The minimum Gasteiger partial charge on any atom is -0.481 e. The molecule has 122 valence electrons. The topological polar surface area (TPSA) is 63.6 Å². The van der Waals surface area contributed by atoms with E-state index >= 15 is 0 Å². The van der Waals surface area contributed by atoms with Crippen LogP contribution in [0.25, 0.3) is 0 Å². The molecule has 0 aromatic heterocycles. The number of carboxylic acids is 1. The fraction of sp³-hybridized carbons (Fsp3) is 0.500. The van der Waals surface area contributed by atoms with E-state index in [-0.39, 0.29) is 16.7 Å². The number of halogens is 6. The van der Waals surface area contributed by atoms with Crippen molar-refractivity contribution < 1.29 is 19.4 Å². The molecule has 22 heavy (non-hydrogen) atoms. The first-order valence-corrected chi connectivity index (χ1v) is 8.08. The van der Waals surface area contributed by atoms with E-state index in [1.54, 1.807) is 0 Å². The van der Waals surface area contributed by atoms with E-state index in [2.05, 4.69) is 6.58 Å². The first-order valence-electron chi connectivity index (χ1n) is 5.81. The minimum atomic E-state index is -2.13. The van der Waals surface area contributed by atoms with Crippen LogP contribution in [0.5, 0.6) is 0 Å². The number of hydrogen-bond acceptors (Lipinski definition) is 3. The molecule has 2 aliphatic carbocycles. The average molecular weight is 429 g/mol. The van der Waals surface area contributed by atoms with Crippen molar-refractivity contribution in [1.29, 1.82) is 0 Å². The van der Waals surface area contributed by atoms with Crippen LogP contribution in [0.1, 0.15) is 0 Å². The zero-order valence-corrected chi connectivity index (χ0v) is 15.1. The van der Waals surface area contributed by atoms with Crippen LogP contribution in [-0.4, -0.2) is 37.7 Å². The van der Waals surface area contributed by atoms with Gasteiger partial charge in [0.1, 0.15) is 16.4 Å². The summed E-state index contributed by atoms with van der Waals surface area (Å²) in [5.74, 6) is -5.55. The SMILES string of the molecule is C=CCOC(=O)[C@@H]1[C@@H](C(=O)O)[C@]2(Cl)C(Cl)=C(Cl)[C@]1(Cl)C2(Cl)Cl. The Bertz CT molecular complexity index is 602. The second-order valence-corrected chi connectivity index (χ2v) is 8.11. The number of aliphatic carboxylic acids is 1. The Balaban J connectivity index is 2.67. The van der Waals surface area contributed by atoms with Crippen LogP contribution >= 0.6 is 69.6 Å². The van der Waals surface area contributed by atoms with Crippen LogP contribution in [-0.2, 0) is 14.3 Å². The van der Waals surface area contributed by atoms with Gasteiger partial charge in [0.25, 0.3) is 0 Å². The Morgan fingerprint density at radius 2 is 1.59 bits per heavy atom. The van der Waals surface area contributed by atoms with Crippen LogP contribution in [0.4, 0.5) is 0 Å². The Labute approximate surface area is 155 Å². The van der Waals surface area contributed by atoms with Gasteiger partial charge >= 0.3 is 11.9 Å². The number of ether oxygens (including phenoxy) is 1. The van der Waals surface area contributed by atoms with Gasteiger partial charge < -0.3 is 9.84 Å². The van der Waals surface area contributed by atoms with Gasteiger partial charge in [0.15, 0.2) is 4.33 Å². The van der Waals surface area contributed by atoms with Crippen molar-refractivity contribution in [3.63, 3.8) is 0 Å². The molecule has 0 spiro atoms. The lowest BCUT2D eigenvalue weighted by Gasteiger charge is -2.32. The second kappa shape index (κ2) is 5.61. The summed E-state index contributed by atoms with van der Waals surface area (Å²) in [6.07, 6.45) is 1.30. The van der Waals surface area contributed by atoms with Gasteiger partial charge in [0.2, 0.25) is 0 Å². The summed E-state index contributed by atoms with van der Waals surface area (Å²) in [6, 6.07) is 0. The molecule has 0 radical (unpaired) electrons. The molecule has 1 saturated carbocycles. The normalized spacial score (nSPS) is 39.0. The maximum Gasteiger partial charge on any atom is 0.312 e. The van der Waals surface area contributed by atoms with Crippen molar-refractivity contribution in [1.82, 2.24) is 0 Å². The van der Waals surface area contributed by atoms with E-state index < -0.39 is 37.9 Å². The number of fused-ring (bicyclic) bond motifs is 2. The van der Waals surface area contributed by atoms with Gasteiger partial charge in [0.05, 0.1) is 21.9 Å². The molecule has 2 aliphatic rings. The van der Waals surface area contributed by atoms with Gasteiger partial charge in [-0.1, -0.05) is 59.1 Å². The average Bonchev–Trinajstić information content (AvgIpc) is 2.64. The van der Waals surface area contributed by atoms with E-state index in [0.717, 1.165) is 0 Å². The first-order chi connectivity index (χ1) is 9.99. The summed E-state index contributed by atoms with van der Waals surface area (Å²) < 4.78 is 2.76. The molecule has 0 aliphatic heterocycles. The van der Waals surface area contributed by atoms with E-state index in [9.17, 15) is 14.7 Å². The summed E-state index contributed by atoms with van der Waals surface area (Å²) in [5, 5.41) is 8.92. The molecular weight excluding hydrogens is 421 g/mol. The predicted octanol–water partition coefficient (Wildman–Crippen LogP) is 3.88. The van der Waals surface area contributed by atoms with E-state index in [1.165, 1.54) is 6.08 Å². The van der Waals surface area contributed by atoms with Gasteiger partial charge in [-0.3, -0.25) is 9.59 Å². The summed E-state index contributed by atoms with van der Waals surface area (Å²) in [5.41, 5.74) is 0. The predicted molar refractivity (Wildman–Crippen MR) is 86.1 cm³/mol. The molecule has 10 heteroatoms. The first kappa shape index (κ1) is 18.5. The highest BCUT2D eigenvalue weighted by molar-refractivity contribution is 6.66. The molecule has 0 aromatic carbocycles.